The number of nitrogens with one attached hydrogen (secondary N) is 1. The van der Waals surface area contributed by atoms with Crippen molar-refractivity contribution < 1.29 is 4.79 Å². The molecule has 1 N–H and O–H groups in total. The van der Waals surface area contributed by atoms with Gasteiger partial charge in [-0.25, -0.2) is 4.68 Å². The Morgan fingerprint density at radius 3 is 2.64 bits per heavy atom. The van der Waals surface area contributed by atoms with Gasteiger partial charge >= 0.3 is 0 Å². The van der Waals surface area contributed by atoms with E-state index in [1.807, 2.05) is 24.3 Å². The number of carbonyl (C=O) groups is 1. The maximum absolute atomic E-state index is 12.0. The zero-order valence-corrected chi connectivity index (χ0v) is 12.6. The average Bonchev–Trinajstić information content (AvgIpc) is 3.09. The molecule has 1 fully saturated rings. The minimum atomic E-state index is 0.0979. The molecule has 1 heterocycles. The van der Waals surface area contributed by atoms with E-state index in [0.29, 0.717) is 6.42 Å². The highest BCUT2D eigenvalue weighted by Gasteiger charge is 2.14. The van der Waals surface area contributed by atoms with Crippen LogP contribution in [0.2, 0.25) is 0 Å². The van der Waals surface area contributed by atoms with Crippen LogP contribution < -0.4 is 5.32 Å². The smallest absolute Gasteiger partial charge is 0.224 e. The highest BCUT2D eigenvalue weighted by Crippen LogP contribution is 2.27. The van der Waals surface area contributed by atoms with Gasteiger partial charge in [0.2, 0.25) is 5.91 Å². The first-order valence-electron chi connectivity index (χ1n) is 7.94. The van der Waals surface area contributed by atoms with Crippen molar-refractivity contribution in [2.24, 2.45) is 5.92 Å². The summed E-state index contributed by atoms with van der Waals surface area (Å²) in [5, 5.41) is 14.0. The number of rotatable bonds is 5. The maximum atomic E-state index is 12.0. The lowest BCUT2D eigenvalue weighted by Gasteiger charge is -2.21. The monoisotopic (exact) mass is 299 g/mol. The average molecular weight is 299 g/mol. The van der Waals surface area contributed by atoms with E-state index in [0.717, 1.165) is 23.7 Å². The molecule has 6 nitrogen and oxygen atoms in total. The molecule has 1 aliphatic carbocycles. The van der Waals surface area contributed by atoms with E-state index in [-0.39, 0.29) is 5.91 Å². The Kier molecular flexibility index (Phi) is 4.78. The normalized spacial score (nSPS) is 15.6. The molecule has 1 amide bonds. The van der Waals surface area contributed by atoms with Gasteiger partial charge in [-0.15, -0.1) is 5.10 Å². The summed E-state index contributed by atoms with van der Waals surface area (Å²) in [5.74, 6) is 0.836. The van der Waals surface area contributed by atoms with E-state index in [1.165, 1.54) is 38.4 Å². The van der Waals surface area contributed by atoms with E-state index >= 15 is 0 Å². The van der Waals surface area contributed by atoms with Crippen LogP contribution in [0.25, 0.3) is 5.69 Å². The topological polar surface area (TPSA) is 72.7 Å². The first kappa shape index (κ1) is 14.7. The van der Waals surface area contributed by atoms with E-state index in [9.17, 15) is 4.79 Å². The Morgan fingerprint density at radius 1 is 1.18 bits per heavy atom. The third-order valence-corrected chi connectivity index (χ3v) is 4.27. The zero-order valence-electron chi connectivity index (χ0n) is 12.6. The van der Waals surface area contributed by atoms with E-state index in [4.69, 9.17) is 0 Å². The van der Waals surface area contributed by atoms with Crippen LogP contribution in [-0.2, 0) is 4.79 Å². The summed E-state index contributed by atoms with van der Waals surface area (Å²) >= 11 is 0. The lowest BCUT2D eigenvalue weighted by molar-refractivity contribution is -0.116. The van der Waals surface area contributed by atoms with E-state index < -0.39 is 0 Å². The van der Waals surface area contributed by atoms with Gasteiger partial charge in [0.15, 0.2) is 0 Å². The molecule has 0 atom stereocenters. The number of hydrogen-bond donors (Lipinski definition) is 1. The van der Waals surface area contributed by atoms with Crippen LogP contribution in [0.15, 0.2) is 30.6 Å². The highest BCUT2D eigenvalue weighted by atomic mass is 16.1. The summed E-state index contributed by atoms with van der Waals surface area (Å²) in [5.41, 5.74) is 1.68. The quantitative estimate of drug-likeness (QED) is 0.921. The molecule has 0 radical (unpaired) electrons. The number of carbonyl (C=O) groups excluding carboxylic acids is 1. The van der Waals surface area contributed by atoms with Crippen molar-refractivity contribution in [1.82, 2.24) is 20.2 Å². The number of aromatic nitrogens is 4. The molecule has 2 aromatic rings. The molecule has 0 spiro atoms. The fraction of sp³-hybridized carbons (Fsp3) is 0.500. The summed E-state index contributed by atoms with van der Waals surface area (Å²) in [4.78, 5) is 12.0. The van der Waals surface area contributed by atoms with Crippen molar-refractivity contribution in [3.05, 3.63) is 30.6 Å². The van der Waals surface area contributed by atoms with Gasteiger partial charge in [0.25, 0.3) is 0 Å². The molecule has 0 aliphatic heterocycles. The highest BCUT2D eigenvalue weighted by molar-refractivity contribution is 5.90. The molecule has 0 unspecified atom stereocenters. The van der Waals surface area contributed by atoms with Crippen molar-refractivity contribution in [2.75, 3.05) is 5.32 Å². The lowest BCUT2D eigenvalue weighted by atomic mass is 9.86. The first-order chi connectivity index (χ1) is 10.8. The number of anilines is 1. The van der Waals surface area contributed by atoms with Gasteiger partial charge in [0, 0.05) is 12.1 Å². The largest absolute Gasteiger partial charge is 0.326 e. The summed E-state index contributed by atoms with van der Waals surface area (Å²) < 4.78 is 1.58. The number of amides is 1. The van der Waals surface area contributed by atoms with Crippen molar-refractivity contribution in [3.63, 3.8) is 0 Å². The molecule has 1 saturated carbocycles. The van der Waals surface area contributed by atoms with E-state index in [2.05, 4.69) is 20.8 Å². The minimum Gasteiger partial charge on any atom is -0.326 e. The van der Waals surface area contributed by atoms with Gasteiger partial charge < -0.3 is 5.32 Å². The fourth-order valence-corrected chi connectivity index (χ4v) is 3.01. The standard InChI is InChI=1S/C16H21N5O/c22-16(11-6-13-4-2-1-3-5-13)18-14-7-9-15(10-8-14)21-12-17-19-20-21/h7-10,12-13H,1-6,11H2,(H,18,22). The van der Waals surface area contributed by atoms with Gasteiger partial charge in [0.05, 0.1) is 5.69 Å². The van der Waals surface area contributed by atoms with Crippen LogP contribution >= 0.6 is 0 Å². The van der Waals surface area contributed by atoms with Crippen molar-refractivity contribution in [3.8, 4) is 5.69 Å². The molecule has 1 aromatic carbocycles. The fourth-order valence-electron chi connectivity index (χ4n) is 3.01. The van der Waals surface area contributed by atoms with Crippen LogP contribution in [0.5, 0.6) is 0 Å². The second kappa shape index (κ2) is 7.15. The molecule has 0 bridgehead atoms. The molecule has 6 heteroatoms. The molecular weight excluding hydrogens is 278 g/mol. The summed E-state index contributed by atoms with van der Waals surface area (Å²) in [6, 6.07) is 7.51. The van der Waals surface area contributed by atoms with Gasteiger partial charge in [0.1, 0.15) is 6.33 Å². The van der Waals surface area contributed by atoms with Gasteiger partial charge in [-0.1, -0.05) is 32.1 Å². The minimum absolute atomic E-state index is 0.0979. The predicted molar refractivity (Wildman–Crippen MR) is 83.6 cm³/mol. The Balaban J connectivity index is 1.48. The van der Waals surface area contributed by atoms with Crippen molar-refractivity contribution in [1.29, 1.82) is 0 Å². The van der Waals surface area contributed by atoms with Crippen LogP contribution in [0.4, 0.5) is 5.69 Å². The van der Waals surface area contributed by atoms with Crippen LogP contribution in [-0.4, -0.2) is 26.1 Å². The number of nitrogens with zero attached hydrogens (tertiary/aromatic N) is 4. The van der Waals surface area contributed by atoms with Crippen molar-refractivity contribution in [2.45, 2.75) is 44.9 Å². The Labute approximate surface area is 129 Å². The van der Waals surface area contributed by atoms with Crippen LogP contribution in [0, 0.1) is 5.92 Å². The molecule has 1 aliphatic rings. The van der Waals surface area contributed by atoms with E-state index in [1.54, 1.807) is 4.68 Å². The molecule has 3 rings (SSSR count). The number of hydrogen-bond acceptors (Lipinski definition) is 4. The molecular formula is C16H21N5O. The summed E-state index contributed by atoms with van der Waals surface area (Å²) in [6.45, 7) is 0. The number of tetrazole rings is 1. The van der Waals surface area contributed by atoms with Gasteiger partial charge in [-0.3, -0.25) is 4.79 Å². The molecule has 1 aromatic heterocycles. The predicted octanol–water partition coefficient (Wildman–Crippen LogP) is 2.96. The summed E-state index contributed by atoms with van der Waals surface area (Å²) in [7, 11) is 0. The molecule has 22 heavy (non-hydrogen) atoms. The maximum Gasteiger partial charge on any atom is 0.224 e. The lowest BCUT2D eigenvalue weighted by Crippen LogP contribution is -2.14. The number of benzene rings is 1. The Morgan fingerprint density at radius 2 is 1.95 bits per heavy atom. The molecule has 0 saturated heterocycles. The zero-order chi connectivity index (χ0) is 15.2. The Hall–Kier alpha value is -2.24. The molecule has 116 valence electrons. The van der Waals surface area contributed by atoms with Crippen LogP contribution in [0.3, 0.4) is 0 Å². The summed E-state index contributed by atoms with van der Waals surface area (Å²) in [6.07, 6.45) is 9.74. The second-order valence-electron chi connectivity index (χ2n) is 5.89. The SMILES string of the molecule is O=C(CCC1CCCCC1)Nc1ccc(-n2cnnn2)cc1. The first-order valence-corrected chi connectivity index (χ1v) is 7.94. The Bertz CT molecular complexity index is 588. The second-order valence-corrected chi connectivity index (χ2v) is 5.89. The van der Waals surface area contributed by atoms with Gasteiger partial charge in [-0.05, 0) is 47.0 Å². The third kappa shape index (κ3) is 3.90. The van der Waals surface area contributed by atoms with Crippen molar-refractivity contribution >= 4 is 11.6 Å². The van der Waals surface area contributed by atoms with Gasteiger partial charge in [-0.2, -0.15) is 0 Å². The third-order valence-electron chi connectivity index (χ3n) is 4.27. The van der Waals surface area contributed by atoms with Crippen LogP contribution in [0.1, 0.15) is 44.9 Å².